The minimum Gasteiger partial charge on any atom is -0.380 e. The van der Waals surface area contributed by atoms with Gasteiger partial charge in [-0.25, -0.2) is 4.79 Å². The van der Waals surface area contributed by atoms with Crippen molar-refractivity contribution < 1.29 is 14.3 Å². The van der Waals surface area contributed by atoms with Crippen molar-refractivity contribution in [2.24, 2.45) is 0 Å². The molecule has 0 radical (unpaired) electrons. The van der Waals surface area contributed by atoms with Crippen molar-refractivity contribution in [2.75, 3.05) is 46.4 Å². The molecule has 7 nitrogen and oxygen atoms in total. The Kier molecular flexibility index (Phi) is 5.13. The van der Waals surface area contributed by atoms with Crippen LogP contribution in [0.2, 0.25) is 0 Å². The van der Waals surface area contributed by atoms with Crippen LogP contribution in [0.25, 0.3) is 0 Å². The van der Waals surface area contributed by atoms with Gasteiger partial charge < -0.3 is 15.0 Å². The number of likely N-dealkylation sites (tertiary alicyclic amines) is 2. The first-order valence-electron chi connectivity index (χ1n) is 9.04. The van der Waals surface area contributed by atoms with E-state index in [0.29, 0.717) is 19.1 Å². The Labute approximate surface area is 144 Å². The Bertz CT molecular complexity index is 490. The Hall–Kier alpha value is -1.18. The Morgan fingerprint density at radius 3 is 2.50 bits per heavy atom. The molecule has 3 fully saturated rings. The van der Waals surface area contributed by atoms with Crippen molar-refractivity contribution in [1.82, 2.24) is 20.0 Å². The van der Waals surface area contributed by atoms with Gasteiger partial charge in [0.2, 0.25) is 0 Å². The van der Waals surface area contributed by atoms with Gasteiger partial charge in [0.15, 0.2) is 0 Å². The summed E-state index contributed by atoms with van der Waals surface area (Å²) in [4.78, 5) is 30.6. The van der Waals surface area contributed by atoms with Crippen LogP contribution < -0.4 is 5.32 Å². The molecule has 3 rings (SSSR count). The van der Waals surface area contributed by atoms with Crippen molar-refractivity contribution >= 4 is 11.9 Å². The summed E-state index contributed by atoms with van der Waals surface area (Å²) in [5, 5.41) is 2.74. The summed E-state index contributed by atoms with van der Waals surface area (Å²) in [5.74, 6) is -0.133. The molecule has 0 unspecified atom stereocenters. The van der Waals surface area contributed by atoms with E-state index in [0.717, 1.165) is 19.5 Å². The standard InChI is InChI=1S/C17H30N4O3/c1-17(2)15(22)21(16(23)18-17)9-8-20-12-14(24-3)10-13(20)11-19-6-4-5-7-19/h13-14H,4-12H2,1-3H3,(H,18,23)/t13-,14-/m0/s1. The summed E-state index contributed by atoms with van der Waals surface area (Å²) < 4.78 is 5.56. The fraction of sp³-hybridized carbons (Fsp3) is 0.882. The lowest BCUT2D eigenvalue weighted by molar-refractivity contribution is -0.130. The maximum absolute atomic E-state index is 12.3. The number of hydrogen-bond donors (Lipinski definition) is 1. The number of amides is 3. The lowest BCUT2D eigenvalue weighted by Gasteiger charge is -2.29. The molecule has 3 aliphatic rings. The number of hydrogen-bond acceptors (Lipinski definition) is 5. The normalized spacial score (nSPS) is 31.2. The zero-order valence-electron chi connectivity index (χ0n) is 15.1. The van der Waals surface area contributed by atoms with Crippen molar-refractivity contribution in [2.45, 2.75) is 50.8 Å². The third-order valence-corrected chi connectivity index (χ3v) is 5.55. The number of urea groups is 1. The van der Waals surface area contributed by atoms with E-state index in [4.69, 9.17) is 4.74 Å². The van der Waals surface area contributed by atoms with E-state index in [-0.39, 0.29) is 18.0 Å². The van der Waals surface area contributed by atoms with Crippen molar-refractivity contribution in [3.05, 3.63) is 0 Å². The molecule has 0 aromatic heterocycles. The third kappa shape index (κ3) is 3.58. The molecule has 0 aromatic rings. The van der Waals surface area contributed by atoms with Crippen LogP contribution in [0.1, 0.15) is 33.1 Å². The fourth-order valence-corrected chi connectivity index (χ4v) is 4.09. The molecule has 3 aliphatic heterocycles. The molecule has 1 N–H and O–H groups in total. The molecule has 0 aromatic carbocycles. The van der Waals surface area contributed by atoms with E-state index in [1.54, 1.807) is 21.0 Å². The molecular formula is C17H30N4O3. The molecular weight excluding hydrogens is 308 g/mol. The Balaban J connectivity index is 1.57. The molecule has 3 heterocycles. The van der Waals surface area contributed by atoms with Gasteiger partial charge in [-0.15, -0.1) is 0 Å². The second kappa shape index (κ2) is 6.98. The summed E-state index contributed by atoms with van der Waals surface area (Å²) >= 11 is 0. The minimum atomic E-state index is -0.786. The summed E-state index contributed by atoms with van der Waals surface area (Å²) in [5.41, 5.74) is -0.786. The smallest absolute Gasteiger partial charge is 0.325 e. The van der Waals surface area contributed by atoms with E-state index in [9.17, 15) is 9.59 Å². The summed E-state index contributed by atoms with van der Waals surface area (Å²) in [7, 11) is 1.76. The average molecular weight is 338 g/mol. The van der Waals surface area contributed by atoms with Crippen LogP contribution in [-0.4, -0.2) is 90.7 Å². The lowest BCUT2D eigenvalue weighted by atomic mass is 10.1. The summed E-state index contributed by atoms with van der Waals surface area (Å²) in [6, 6.07) is 0.172. The summed E-state index contributed by atoms with van der Waals surface area (Å²) in [6.07, 6.45) is 3.85. The predicted octanol–water partition coefficient (Wildman–Crippen LogP) is 0.502. The van der Waals surface area contributed by atoms with Crippen molar-refractivity contribution in [3.63, 3.8) is 0 Å². The molecule has 3 amide bonds. The first-order chi connectivity index (χ1) is 11.4. The third-order valence-electron chi connectivity index (χ3n) is 5.55. The SMILES string of the molecule is CO[C@H]1C[C@@H](CN2CCCC2)N(CCN2C(=O)NC(C)(C)C2=O)C1. The highest BCUT2D eigenvalue weighted by atomic mass is 16.5. The first-order valence-corrected chi connectivity index (χ1v) is 9.04. The highest BCUT2D eigenvalue weighted by Crippen LogP contribution is 2.23. The van der Waals surface area contributed by atoms with E-state index in [1.165, 1.54) is 30.8 Å². The molecule has 0 bridgehead atoms. The van der Waals surface area contributed by atoms with Crippen LogP contribution in [0, 0.1) is 0 Å². The van der Waals surface area contributed by atoms with Gasteiger partial charge in [0.05, 0.1) is 6.10 Å². The Morgan fingerprint density at radius 2 is 1.92 bits per heavy atom. The second-order valence-corrected chi connectivity index (χ2v) is 7.76. The number of methoxy groups -OCH3 is 1. The largest absolute Gasteiger partial charge is 0.380 e. The predicted molar refractivity (Wildman–Crippen MR) is 90.8 cm³/mol. The topological polar surface area (TPSA) is 65.1 Å². The van der Waals surface area contributed by atoms with Crippen LogP contribution in [0.3, 0.4) is 0 Å². The van der Waals surface area contributed by atoms with E-state index in [2.05, 4.69) is 15.1 Å². The number of ether oxygens (including phenoxy) is 1. The number of imide groups is 1. The maximum atomic E-state index is 12.3. The van der Waals surface area contributed by atoms with Crippen LogP contribution in [0.15, 0.2) is 0 Å². The number of rotatable bonds is 6. The highest BCUT2D eigenvalue weighted by Gasteiger charge is 2.44. The van der Waals surface area contributed by atoms with Crippen molar-refractivity contribution in [3.8, 4) is 0 Å². The van der Waals surface area contributed by atoms with Gasteiger partial charge in [-0.3, -0.25) is 14.6 Å². The van der Waals surface area contributed by atoms with Gasteiger partial charge in [0.25, 0.3) is 5.91 Å². The lowest BCUT2D eigenvalue weighted by Crippen LogP contribution is -2.45. The molecule has 0 saturated carbocycles. The van der Waals surface area contributed by atoms with E-state index < -0.39 is 5.54 Å². The zero-order chi connectivity index (χ0) is 17.3. The number of nitrogens with zero attached hydrogens (tertiary/aromatic N) is 3. The van der Waals surface area contributed by atoms with Gasteiger partial charge in [-0.05, 0) is 46.2 Å². The Morgan fingerprint density at radius 1 is 1.21 bits per heavy atom. The van der Waals surface area contributed by atoms with Gasteiger partial charge >= 0.3 is 6.03 Å². The van der Waals surface area contributed by atoms with Crippen LogP contribution in [0.5, 0.6) is 0 Å². The van der Waals surface area contributed by atoms with Crippen LogP contribution in [0.4, 0.5) is 4.79 Å². The quantitative estimate of drug-likeness (QED) is 0.715. The fourth-order valence-electron chi connectivity index (χ4n) is 4.09. The molecule has 0 aliphatic carbocycles. The molecule has 7 heteroatoms. The maximum Gasteiger partial charge on any atom is 0.325 e. The molecule has 136 valence electrons. The van der Waals surface area contributed by atoms with E-state index in [1.807, 2.05) is 0 Å². The molecule has 2 atom stereocenters. The second-order valence-electron chi connectivity index (χ2n) is 7.76. The number of carbonyl (C=O) groups excluding carboxylic acids is 2. The van der Waals surface area contributed by atoms with Crippen LogP contribution >= 0.6 is 0 Å². The summed E-state index contributed by atoms with van der Waals surface area (Å²) in [6.45, 7) is 8.97. The molecule has 3 saturated heterocycles. The van der Waals surface area contributed by atoms with Crippen molar-refractivity contribution in [1.29, 1.82) is 0 Å². The van der Waals surface area contributed by atoms with Gasteiger partial charge in [0, 0.05) is 39.3 Å². The van der Waals surface area contributed by atoms with Crippen LogP contribution in [-0.2, 0) is 9.53 Å². The average Bonchev–Trinajstić information content (AvgIpc) is 3.20. The van der Waals surface area contributed by atoms with Gasteiger partial charge in [-0.2, -0.15) is 0 Å². The zero-order valence-corrected chi connectivity index (χ0v) is 15.1. The highest BCUT2D eigenvalue weighted by molar-refractivity contribution is 6.06. The number of carbonyl (C=O) groups is 2. The van der Waals surface area contributed by atoms with Gasteiger partial charge in [0.1, 0.15) is 5.54 Å². The first kappa shape index (κ1) is 17.6. The van der Waals surface area contributed by atoms with E-state index >= 15 is 0 Å². The minimum absolute atomic E-state index is 0.133. The molecule has 0 spiro atoms. The molecule has 24 heavy (non-hydrogen) atoms. The van der Waals surface area contributed by atoms with Gasteiger partial charge in [-0.1, -0.05) is 0 Å². The number of nitrogens with one attached hydrogen (secondary N) is 1. The monoisotopic (exact) mass is 338 g/mol.